The molecule has 0 heterocycles. The molecule has 3 N–H and O–H groups in total. The number of carbonyl (C=O) groups is 1. The lowest BCUT2D eigenvalue weighted by Crippen LogP contribution is -2.15. The first-order valence-electron chi connectivity index (χ1n) is 8.99. The molecule has 0 saturated heterocycles. The van der Waals surface area contributed by atoms with Crippen LogP contribution in [0.1, 0.15) is 59.3 Å². The SMILES string of the molecule is CCCCc1ccc(C(=O)Nc2cccc3c2CCC3N)c(OC)c1. The molecule has 0 bridgehead atoms. The highest BCUT2D eigenvalue weighted by Gasteiger charge is 2.23. The van der Waals surface area contributed by atoms with Gasteiger partial charge in [-0.15, -0.1) is 0 Å². The second-order valence-corrected chi connectivity index (χ2v) is 6.61. The van der Waals surface area contributed by atoms with Crippen LogP contribution < -0.4 is 15.8 Å². The topological polar surface area (TPSA) is 64.4 Å². The van der Waals surface area contributed by atoms with E-state index in [1.54, 1.807) is 7.11 Å². The molecule has 4 heteroatoms. The van der Waals surface area contributed by atoms with Gasteiger partial charge in [0.25, 0.3) is 5.91 Å². The highest BCUT2D eigenvalue weighted by molar-refractivity contribution is 6.06. The first-order chi connectivity index (χ1) is 12.1. The van der Waals surface area contributed by atoms with Crippen molar-refractivity contribution in [1.29, 1.82) is 0 Å². The number of amides is 1. The fourth-order valence-corrected chi connectivity index (χ4v) is 3.45. The quantitative estimate of drug-likeness (QED) is 0.828. The number of ether oxygens (including phenoxy) is 1. The minimum atomic E-state index is -0.146. The number of rotatable bonds is 6. The Morgan fingerprint density at radius 2 is 2.16 bits per heavy atom. The lowest BCUT2D eigenvalue weighted by Gasteiger charge is -2.14. The Hall–Kier alpha value is -2.33. The number of hydrogen-bond acceptors (Lipinski definition) is 3. The van der Waals surface area contributed by atoms with E-state index in [0.717, 1.165) is 48.9 Å². The third-order valence-electron chi connectivity index (χ3n) is 4.89. The van der Waals surface area contributed by atoms with Crippen molar-refractivity contribution in [2.75, 3.05) is 12.4 Å². The zero-order chi connectivity index (χ0) is 17.8. The first kappa shape index (κ1) is 17.5. The van der Waals surface area contributed by atoms with Gasteiger partial charge in [0.05, 0.1) is 12.7 Å². The van der Waals surface area contributed by atoms with Crippen LogP contribution in [0.2, 0.25) is 0 Å². The third kappa shape index (κ3) is 3.69. The number of carbonyl (C=O) groups excluding carboxylic acids is 1. The summed E-state index contributed by atoms with van der Waals surface area (Å²) in [6.45, 7) is 2.17. The van der Waals surface area contributed by atoms with Gasteiger partial charge in [0, 0.05) is 11.7 Å². The van der Waals surface area contributed by atoms with Crippen LogP contribution in [-0.2, 0) is 12.8 Å². The second kappa shape index (κ2) is 7.70. The Morgan fingerprint density at radius 1 is 1.32 bits per heavy atom. The largest absolute Gasteiger partial charge is 0.496 e. The normalized spacial score (nSPS) is 15.7. The summed E-state index contributed by atoms with van der Waals surface area (Å²) in [5.74, 6) is 0.475. The molecule has 4 nitrogen and oxygen atoms in total. The number of fused-ring (bicyclic) bond motifs is 1. The maximum atomic E-state index is 12.8. The van der Waals surface area contributed by atoms with Crippen molar-refractivity contribution in [2.24, 2.45) is 5.73 Å². The minimum absolute atomic E-state index is 0.0687. The summed E-state index contributed by atoms with van der Waals surface area (Å²) in [5.41, 5.74) is 11.0. The molecule has 0 aliphatic heterocycles. The van der Waals surface area contributed by atoms with Crippen LogP contribution in [0, 0.1) is 0 Å². The molecule has 2 aromatic rings. The van der Waals surface area contributed by atoms with Crippen molar-refractivity contribution < 1.29 is 9.53 Å². The van der Waals surface area contributed by atoms with Gasteiger partial charge < -0.3 is 15.8 Å². The van der Waals surface area contributed by atoms with Gasteiger partial charge >= 0.3 is 0 Å². The van der Waals surface area contributed by atoms with Gasteiger partial charge in [0.15, 0.2) is 0 Å². The van der Waals surface area contributed by atoms with Crippen LogP contribution in [0.4, 0.5) is 5.69 Å². The van der Waals surface area contributed by atoms with E-state index in [0.29, 0.717) is 11.3 Å². The van der Waals surface area contributed by atoms with Crippen molar-refractivity contribution in [3.8, 4) is 5.75 Å². The second-order valence-electron chi connectivity index (χ2n) is 6.61. The van der Waals surface area contributed by atoms with Crippen LogP contribution in [0.25, 0.3) is 0 Å². The lowest BCUT2D eigenvalue weighted by atomic mass is 10.0. The summed E-state index contributed by atoms with van der Waals surface area (Å²) in [5, 5.41) is 3.04. The highest BCUT2D eigenvalue weighted by Crippen LogP contribution is 2.34. The molecule has 1 unspecified atom stereocenters. The predicted octanol–water partition coefficient (Wildman–Crippen LogP) is 4.24. The predicted molar refractivity (Wildman–Crippen MR) is 101 cm³/mol. The van der Waals surface area contributed by atoms with E-state index in [9.17, 15) is 4.79 Å². The number of nitrogens with one attached hydrogen (secondary N) is 1. The van der Waals surface area contributed by atoms with E-state index < -0.39 is 0 Å². The van der Waals surface area contributed by atoms with Crippen LogP contribution in [0.5, 0.6) is 5.75 Å². The van der Waals surface area contributed by atoms with Crippen molar-refractivity contribution in [3.63, 3.8) is 0 Å². The fraction of sp³-hybridized carbons (Fsp3) is 0.381. The third-order valence-corrected chi connectivity index (χ3v) is 4.89. The van der Waals surface area contributed by atoms with E-state index in [1.807, 2.05) is 36.4 Å². The van der Waals surface area contributed by atoms with Crippen LogP contribution in [0.15, 0.2) is 36.4 Å². The summed E-state index contributed by atoms with van der Waals surface area (Å²) in [4.78, 5) is 12.8. The molecule has 0 saturated carbocycles. The number of anilines is 1. The molecule has 0 spiro atoms. The Morgan fingerprint density at radius 3 is 2.92 bits per heavy atom. The van der Waals surface area contributed by atoms with Crippen molar-refractivity contribution in [3.05, 3.63) is 58.7 Å². The van der Waals surface area contributed by atoms with E-state index >= 15 is 0 Å². The summed E-state index contributed by atoms with van der Waals surface area (Å²) < 4.78 is 5.45. The van der Waals surface area contributed by atoms with E-state index in [2.05, 4.69) is 12.2 Å². The fourth-order valence-electron chi connectivity index (χ4n) is 3.45. The minimum Gasteiger partial charge on any atom is -0.496 e. The van der Waals surface area contributed by atoms with E-state index in [-0.39, 0.29) is 11.9 Å². The molecule has 25 heavy (non-hydrogen) atoms. The molecule has 2 aromatic carbocycles. The van der Waals surface area contributed by atoms with Gasteiger partial charge in [0.1, 0.15) is 5.75 Å². The number of aryl methyl sites for hydroxylation is 1. The maximum absolute atomic E-state index is 12.8. The number of hydrogen-bond donors (Lipinski definition) is 2. The standard InChI is InChI=1S/C21H26N2O2/c1-3-4-6-14-9-10-17(20(13-14)25-2)21(24)23-19-8-5-7-15-16(19)11-12-18(15)22/h5,7-10,13,18H,3-4,6,11-12,22H2,1-2H3,(H,23,24). The maximum Gasteiger partial charge on any atom is 0.259 e. The molecule has 0 aromatic heterocycles. The molecule has 3 rings (SSSR count). The van der Waals surface area contributed by atoms with Gasteiger partial charge in [-0.3, -0.25) is 4.79 Å². The lowest BCUT2D eigenvalue weighted by molar-refractivity contribution is 0.102. The van der Waals surface area contributed by atoms with Gasteiger partial charge in [-0.25, -0.2) is 0 Å². The summed E-state index contributed by atoms with van der Waals surface area (Å²) >= 11 is 0. The molecule has 132 valence electrons. The molecule has 1 amide bonds. The number of methoxy groups -OCH3 is 1. The smallest absolute Gasteiger partial charge is 0.259 e. The Kier molecular flexibility index (Phi) is 5.39. The van der Waals surface area contributed by atoms with E-state index in [4.69, 9.17) is 10.5 Å². The average molecular weight is 338 g/mol. The Balaban J connectivity index is 1.82. The molecule has 1 atom stereocenters. The highest BCUT2D eigenvalue weighted by atomic mass is 16.5. The Bertz CT molecular complexity index is 770. The van der Waals surface area contributed by atoms with Crippen LogP contribution in [-0.4, -0.2) is 13.0 Å². The summed E-state index contributed by atoms with van der Waals surface area (Å²) in [7, 11) is 1.61. The number of benzene rings is 2. The van der Waals surface area contributed by atoms with Crippen LogP contribution >= 0.6 is 0 Å². The van der Waals surface area contributed by atoms with Crippen molar-refractivity contribution in [2.45, 2.75) is 45.1 Å². The van der Waals surface area contributed by atoms with Gasteiger partial charge in [-0.2, -0.15) is 0 Å². The zero-order valence-electron chi connectivity index (χ0n) is 15.0. The molecule has 0 fully saturated rings. The van der Waals surface area contributed by atoms with Crippen LogP contribution in [0.3, 0.4) is 0 Å². The van der Waals surface area contributed by atoms with Crippen molar-refractivity contribution in [1.82, 2.24) is 0 Å². The zero-order valence-corrected chi connectivity index (χ0v) is 15.0. The number of unbranched alkanes of at least 4 members (excludes halogenated alkanes) is 1. The van der Waals surface area contributed by atoms with E-state index in [1.165, 1.54) is 5.56 Å². The molecular formula is C21H26N2O2. The summed E-state index contributed by atoms with van der Waals surface area (Å²) in [6, 6.07) is 11.8. The summed E-state index contributed by atoms with van der Waals surface area (Å²) in [6.07, 6.45) is 5.10. The first-order valence-corrected chi connectivity index (χ1v) is 8.99. The van der Waals surface area contributed by atoms with Gasteiger partial charge in [0.2, 0.25) is 0 Å². The molecule has 0 radical (unpaired) electrons. The monoisotopic (exact) mass is 338 g/mol. The van der Waals surface area contributed by atoms with Crippen molar-refractivity contribution >= 4 is 11.6 Å². The Labute approximate surface area is 149 Å². The molecule has 1 aliphatic rings. The van der Waals surface area contributed by atoms with Gasteiger partial charge in [-0.05, 0) is 60.6 Å². The molecule has 1 aliphatic carbocycles. The van der Waals surface area contributed by atoms with Gasteiger partial charge in [-0.1, -0.05) is 31.5 Å². The number of nitrogens with two attached hydrogens (primary N) is 1. The molecular weight excluding hydrogens is 312 g/mol. The average Bonchev–Trinajstić information content (AvgIpc) is 3.02.